The first-order valence-electron chi connectivity index (χ1n) is 18.8. The van der Waals surface area contributed by atoms with Crippen molar-refractivity contribution in [2.75, 3.05) is 0 Å². The number of rotatable bonds is 6. The molecule has 3 heterocycles. The van der Waals surface area contributed by atoms with Crippen LogP contribution in [0.2, 0.25) is 0 Å². The van der Waals surface area contributed by atoms with Crippen molar-refractivity contribution < 1.29 is 4.42 Å². The van der Waals surface area contributed by atoms with E-state index in [9.17, 15) is 0 Å². The van der Waals surface area contributed by atoms with Crippen LogP contribution >= 0.6 is 0 Å². The van der Waals surface area contributed by atoms with E-state index in [4.69, 9.17) is 19.4 Å². The number of furan rings is 1. The van der Waals surface area contributed by atoms with E-state index in [1.54, 1.807) is 0 Å². The van der Waals surface area contributed by atoms with E-state index in [0.29, 0.717) is 17.5 Å². The van der Waals surface area contributed by atoms with E-state index in [1.807, 2.05) is 42.5 Å². The molecule has 8 aromatic carbocycles. The van der Waals surface area contributed by atoms with Crippen molar-refractivity contribution in [2.45, 2.75) is 0 Å². The van der Waals surface area contributed by atoms with Crippen LogP contribution in [0.4, 0.5) is 0 Å². The summed E-state index contributed by atoms with van der Waals surface area (Å²) in [4.78, 5) is 15.4. The average Bonchev–Trinajstić information content (AvgIpc) is 3.80. The Labute approximate surface area is 322 Å². The third-order valence-corrected chi connectivity index (χ3v) is 10.7. The summed E-state index contributed by atoms with van der Waals surface area (Å²) < 4.78 is 8.97. The summed E-state index contributed by atoms with van der Waals surface area (Å²) in [6, 6.07) is 67.3. The third-order valence-electron chi connectivity index (χ3n) is 10.7. The van der Waals surface area contributed by atoms with Crippen LogP contribution in [-0.4, -0.2) is 19.5 Å². The first kappa shape index (κ1) is 31.9. The first-order valence-corrected chi connectivity index (χ1v) is 18.8. The maximum absolute atomic E-state index is 6.64. The molecule has 0 amide bonds. The van der Waals surface area contributed by atoms with Gasteiger partial charge in [0.05, 0.1) is 16.7 Å². The molecule has 0 aliphatic carbocycles. The van der Waals surface area contributed by atoms with Crippen molar-refractivity contribution in [3.05, 3.63) is 194 Å². The van der Waals surface area contributed by atoms with Gasteiger partial charge in [0.15, 0.2) is 17.5 Å². The van der Waals surface area contributed by atoms with Crippen LogP contribution in [0.25, 0.3) is 106 Å². The van der Waals surface area contributed by atoms with Crippen molar-refractivity contribution in [3.8, 4) is 62.1 Å². The van der Waals surface area contributed by atoms with Gasteiger partial charge in [-0.05, 0) is 58.7 Å². The summed E-state index contributed by atoms with van der Waals surface area (Å²) in [6.45, 7) is 0. The minimum atomic E-state index is 0.598. The Morgan fingerprint density at radius 1 is 0.321 bits per heavy atom. The lowest BCUT2D eigenvalue weighted by Gasteiger charge is -2.14. The quantitative estimate of drug-likeness (QED) is 0.172. The van der Waals surface area contributed by atoms with E-state index in [0.717, 1.165) is 88.4 Å². The summed E-state index contributed by atoms with van der Waals surface area (Å²) in [5, 5.41) is 4.50. The highest BCUT2D eigenvalue weighted by Crippen LogP contribution is 2.41. The molecule has 0 saturated heterocycles. The Kier molecular flexibility index (Phi) is 7.42. The Balaban J connectivity index is 1.10. The number of aromatic nitrogens is 4. The summed E-state index contributed by atoms with van der Waals surface area (Å²) in [5.74, 6) is 1.83. The smallest absolute Gasteiger partial charge is 0.166 e. The molecule has 11 rings (SSSR count). The molecule has 0 aliphatic rings. The SMILES string of the molecule is c1ccc(-c2ccc(-c3nc(-c4ccccc4)nc(-c4ccccc4-n4c5ccccc5c5cc6c(cc54)oc4cc(-c5ccccc5)ccc46)n3)cc2)cc1. The maximum atomic E-state index is 6.64. The monoisotopic (exact) mass is 716 g/mol. The van der Waals surface area contributed by atoms with Crippen LogP contribution in [0.15, 0.2) is 199 Å². The second-order valence-electron chi connectivity index (χ2n) is 14.0. The van der Waals surface area contributed by atoms with Crippen molar-refractivity contribution in [3.63, 3.8) is 0 Å². The fraction of sp³-hybridized carbons (Fsp3) is 0. The molecule has 0 N–H and O–H groups in total. The Bertz CT molecular complexity index is 3220. The lowest BCUT2D eigenvalue weighted by Crippen LogP contribution is -2.03. The lowest BCUT2D eigenvalue weighted by atomic mass is 10.0. The molecular weight excluding hydrogens is 685 g/mol. The highest BCUT2D eigenvalue weighted by Gasteiger charge is 2.21. The Morgan fingerprint density at radius 3 is 1.57 bits per heavy atom. The molecule has 11 aromatic rings. The molecular formula is C51H32N4O. The van der Waals surface area contributed by atoms with Gasteiger partial charge >= 0.3 is 0 Å². The van der Waals surface area contributed by atoms with Gasteiger partial charge in [0.25, 0.3) is 0 Å². The molecule has 0 saturated carbocycles. The van der Waals surface area contributed by atoms with E-state index in [2.05, 4.69) is 156 Å². The predicted molar refractivity (Wildman–Crippen MR) is 229 cm³/mol. The highest BCUT2D eigenvalue weighted by molar-refractivity contribution is 6.17. The third kappa shape index (κ3) is 5.37. The van der Waals surface area contributed by atoms with Crippen molar-refractivity contribution in [1.29, 1.82) is 0 Å². The highest BCUT2D eigenvalue weighted by atomic mass is 16.3. The van der Waals surface area contributed by atoms with Crippen LogP contribution in [0.3, 0.4) is 0 Å². The molecule has 3 aromatic heterocycles. The van der Waals surface area contributed by atoms with Gasteiger partial charge in [0.1, 0.15) is 11.2 Å². The van der Waals surface area contributed by atoms with Crippen molar-refractivity contribution >= 4 is 43.7 Å². The van der Waals surface area contributed by atoms with E-state index in [-0.39, 0.29) is 0 Å². The minimum absolute atomic E-state index is 0.598. The molecule has 0 spiro atoms. The van der Waals surface area contributed by atoms with Gasteiger partial charge in [-0.3, -0.25) is 0 Å². The molecule has 262 valence electrons. The zero-order valence-corrected chi connectivity index (χ0v) is 30.2. The Morgan fingerprint density at radius 2 is 0.839 bits per heavy atom. The molecule has 56 heavy (non-hydrogen) atoms. The number of hydrogen-bond donors (Lipinski definition) is 0. The normalized spacial score (nSPS) is 11.6. The van der Waals surface area contributed by atoms with Crippen molar-refractivity contribution in [1.82, 2.24) is 19.5 Å². The van der Waals surface area contributed by atoms with E-state index < -0.39 is 0 Å². The van der Waals surface area contributed by atoms with Gasteiger partial charge in [0, 0.05) is 44.3 Å². The fourth-order valence-corrected chi connectivity index (χ4v) is 7.95. The predicted octanol–water partition coefficient (Wildman–Crippen LogP) is 13.2. The van der Waals surface area contributed by atoms with Gasteiger partial charge in [-0.1, -0.05) is 152 Å². The van der Waals surface area contributed by atoms with Crippen LogP contribution in [0.1, 0.15) is 0 Å². The standard InChI is InChI=1S/C51H32N4O/c1-4-14-33(15-5-1)35-24-26-37(27-25-35)50-52-49(36-18-8-3-9-19-36)53-51(54-50)41-21-11-13-23-45(41)55-44-22-12-10-20-39(44)42-31-43-40-29-28-38(34-16-6-2-7-17-34)30-47(40)56-48(43)32-46(42)55/h1-32H. The molecule has 0 unspecified atom stereocenters. The number of nitrogens with zero attached hydrogens (tertiary/aromatic N) is 4. The first-order chi connectivity index (χ1) is 27.7. The van der Waals surface area contributed by atoms with Crippen molar-refractivity contribution in [2.24, 2.45) is 0 Å². The number of hydrogen-bond acceptors (Lipinski definition) is 4. The molecule has 5 nitrogen and oxygen atoms in total. The van der Waals surface area contributed by atoms with Crippen LogP contribution in [0, 0.1) is 0 Å². The van der Waals surface area contributed by atoms with Gasteiger partial charge < -0.3 is 8.98 Å². The van der Waals surface area contributed by atoms with Gasteiger partial charge in [-0.2, -0.15) is 0 Å². The van der Waals surface area contributed by atoms with Gasteiger partial charge in [-0.15, -0.1) is 0 Å². The maximum Gasteiger partial charge on any atom is 0.166 e. The molecule has 5 heteroatoms. The summed E-state index contributed by atoms with van der Waals surface area (Å²) in [5.41, 5.74) is 12.1. The topological polar surface area (TPSA) is 56.7 Å². The second-order valence-corrected chi connectivity index (χ2v) is 14.0. The van der Waals surface area contributed by atoms with Gasteiger partial charge in [-0.25, -0.2) is 15.0 Å². The summed E-state index contributed by atoms with van der Waals surface area (Å²) >= 11 is 0. The molecule has 0 fully saturated rings. The number of para-hydroxylation sites is 2. The summed E-state index contributed by atoms with van der Waals surface area (Å²) in [6.07, 6.45) is 0. The molecule has 0 aliphatic heterocycles. The largest absolute Gasteiger partial charge is 0.456 e. The van der Waals surface area contributed by atoms with E-state index in [1.165, 1.54) is 0 Å². The average molecular weight is 717 g/mol. The van der Waals surface area contributed by atoms with Crippen LogP contribution in [-0.2, 0) is 0 Å². The van der Waals surface area contributed by atoms with Gasteiger partial charge in [0.2, 0.25) is 0 Å². The zero-order valence-electron chi connectivity index (χ0n) is 30.2. The minimum Gasteiger partial charge on any atom is -0.456 e. The molecule has 0 radical (unpaired) electrons. The van der Waals surface area contributed by atoms with Crippen LogP contribution in [0.5, 0.6) is 0 Å². The molecule has 0 bridgehead atoms. The Hall–Kier alpha value is -7.63. The summed E-state index contributed by atoms with van der Waals surface area (Å²) in [7, 11) is 0. The zero-order chi connectivity index (χ0) is 37.0. The van der Waals surface area contributed by atoms with Crippen LogP contribution < -0.4 is 0 Å². The van der Waals surface area contributed by atoms with E-state index >= 15 is 0 Å². The second kappa shape index (κ2) is 13.0. The molecule has 0 atom stereocenters. The lowest BCUT2D eigenvalue weighted by molar-refractivity contribution is 0.669. The number of fused-ring (bicyclic) bond motifs is 6. The number of benzene rings is 8. The fourth-order valence-electron chi connectivity index (χ4n) is 7.95.